The maximum Gasteiger partial charge on any atom is 0.272 e. The summed E-state index contributed by atoms with van der Waals surface area (Å²) in [5.74, 6) is 0.0883. The van der Waals surface area contributed by atoms with Gasteiger partial charge in [-0.3, -0.25) is 9.59 Å². The second-order valence-electron chi connectivity index (χ2n) is 4.38. The summed E-state index contributed by atoms with van der Waals surface area (Å²) in [5, 5.41) is 2.71. The van der Waals surface area contributed by atoms with Crippen molar-refractivity contribution < 1.29 is 9.53 Å². The number of nitrogens with zero attached hydrogens (tertiary/aromatic N) is 1. The molecule has 6 nitrogen and oxygen atoms in total. The summed E-state index contributed by atoms with van der Waals surface area (Å²) in [4.78, 5) is 30.1. The van der Waals surface area contributed by atoms with Crippen LogP contribution in [-0.4, -0.2) is 23.0 Å². The molecule has 2 heterocycles. The van der Waals surface area contributed by atoms with Crippen LogP contribution in [0, 0.1) is 13.8 Å². The summed E-state index contributed by atoms with van der Waals surface area (Å²) >= 11 is 0. The van der Waals surface area contributed by atoms with Crippen LogP contribution in [0.3, 0.4) is 0 Å². The molecule has 104 valence electrons. The quantitative estimate of drug-likeness (QED) is 0.890. The van der Waals surface area contributed by atoms with Crippen LogP contribution in [0.5, 0.6) is 5.88 Å². The number of aryl methyl sites for hydroxylation is 2. The van der Waals surface area contributed by atoms with Crippen LogP contribution in [0.2, 0.25) is 0 Å². The number of anilines is 1. The molecule has 2 N–H and O–H groups in total. The average molecular weight is 273 g/mol. The van der Waals surface area contributed by atoms with E-state index in [1.165, 1.54) is 13.2 Å². The zero-order valence-corrected chi connectivity index (χ0v) is 11.5. The normalized spacial score (nSPS) is 10.2. The van der Waals surface area contributed by atoms with Gasteiger partial charge < -0.3 is 15.0 Å². The molecule has 2 rings (SSSR count). The van der Waals surface area contributed by atoms with Crippen molar-refractivity contribution in [2.24, 2.45) is 0 Å². The van der Waals surface area contributed by atoms with Gasteiger partial charge in [0.25, 0.3) is 5.91 Å². The van der Waals surface area contributed by atoms with Gasteiger partial charge in [-0.05, 0) is 31.5 Å². The van der Waals surface area contributed by atoms with E-state index >= 15 is 0 Å². The second-order valence-corrected chi connectivity index (χ2v) is 4.38. The van der Waals surface area contributed by atoms with Crippen molar-refractivity contribution in [3.8, 4) is 5.88 Å². The van der Waals surface area contributed by atoms with Crippen LogP contribution in [0.4, 0.5) is 5.69 Å². The number of rotatable bonds is 3. The standard InChI is InChI=1S/C14H15N3O3/c1-8-6-11(16-12(18)7-8)14(19)17-10-4-5-13(20-3)15-9(10)2/h4-7H,1-3H3,(H,16,18)(H,17,19). The topological polar surface area (TPSA) is 84.1 Å². The molecule has 6 heteroatoms. The number of aromatic amines is 1. The Morgan fingerprint density at radius 2 is 2.05 bits per heavy atom. The Labute approximate surface area is 115 Å². The van der Waals surface area contributed by atoms with Gasteiger partial charge in [-0.1, -0.05) is 0 Å². The zero-order chi connectivity index (χ0) is 14.7. The number of carbonyl (C=O) groups excluding carboxylic acids is 1. The van der Waals surface area contributed by atoms with Crippen molar-refractivity contribution in [3.05, 3.63) is 51.6 Å². The summed E-state index contributed by atoms with van der Waals surface area (Å²) in [6, 6.07) is 6.40. The minimum atomic E-state index is -0.388. The first-order chi connectivity index (χ1) is 9.49. The van der Waals surface area contributed by atoms with Crippen molar-refractivity contribution in [2.75, 3.05) is 12.4 Å². The van der Waals surface area contributed by atoms with Crippen LogP contribution in [0.25, 0.3) is 0 Å². The Kier molecular flexibility index (Phi) is 3.84. The Balaban J connectivity index is 2.25. The van der Waals surface area contributed by atoms with E-state index in [2.05, 4.69) is 15.3 Å². The molecule has 0 aliphatic heterocycles. The lowest BCUT2D eigenvalue weighted by Gasteiger charge is -2.09. The first-order valence-corrected chi connectivity index (χ1v) is 6.03. The van der Waals surface area contributed by atoms with E-state index in [0.717, 1.165) is 5.56 Å². The predicted octanol–water partition coefficient (Wildman–Crippen LogP) is 1.65. The van der Waals surface area contributed by atoms with Gasteiger partial charge in [0, 0.05) is 12.1 Å². The molecule has 0 unspecified atom stereocenters. The molecule has 20 heavy (non-hydrogen) atoms. The predicted molar refractivity (Wildman–Crippen MR) is 75.3 cm³/mol. The highest BCUT2D eigenvalue weighted by Crippen LogP contribution is 2.17. The molecule has 2 aromatic rings. The summed E-state index contributed by atoms with van der Waals surface area (Å²) in [7, 11) is 1.53. The number of amides is 1. The number of pyridine rings is 2. The zero-order valence-electron chi connectivity index (χ0n) is 11.5. The van der Waals surface area contributed by atoms with Gasteiger partial charge in [0.05, 0.1) is 18.5 Å². The highest BCUT2D eigenvalue weighted by atomic mass is 16.5. The molecular weight excluding hydrogens is 258 g/mol. The van der Waals surface area contributed by atoms with Crippen LogP contribution < -0.4 is 15.6 Å². The lowest BCUT2D eigenvalue weighted by Crippen LogP contribution is -2.19. The summed E-state index contributed by atoms with van der Waals surface area (Å²) in [6.07, 6.45) is 0. The molecule has 0 aromatic carbocycles. The molecule has 2 aromatic heterocycles. The third-order valence-electron chi connectivity index (χ3n) is 2.75. The summed E-state index contributed by atoms with van der Waals surface area (Å²) in [6.45, 7) is 3.52. The second kappa shape index (κ2) is 5.56. The number of hydrogen-bond donors (Lipinski definition) is 2. The smallest absolute Gasteiger partial charge is 0.272 e. The summed E-state index contributed by atoms with van der Waals surface area (Å²) < 4.78 is 5.00. The van der Waals surface area contributed by atoms with Gasteiger partial charge in [-0.2, -0.15) is 0 Å². The lowest BCUT2D eigenvalue weighted by molar-refractivity contribution is 0.102. The fourth-order valence-corrected chi connectivity index (χ4v) is 1.78. The Morgan fingerprint density at radius 1 is 1.30 bits per heavy atom. The SMILES string of the molecule is COc1ccc(NC(=O)c2cc(C)cc(=O)[nH]2)c(C)n1. The number of methoxy groups -OCH3 is 1. The minimum absolute atomic E-state index is 0.213. The largest absolute Gasteiger partial charge is 0.481 e. The van der Waals surface area contributed by atoms with Gasteiger partial charge in [-0.25, -0.2) is 4.98 Å². The highest BCUT2D eigenvalue weighted by Gasteiger charge is 2.10. The molecule has 0 spiro atoms. The number of hydrogen-bond acceptors (Lipinski definition) is 4. The Morgan fingerprint density at radius 3 is 2.65 bits per heavy atom. The summed E-state index contributed by atoms with van der Waals surface area (Å²) in [5.41, 5.74) is 1.83. The molecule has 0 saturated heterocycles. The molecule has 1 amide bonds. The monoisotopic (exact) mass is 273 g/mol. The maximum absolute atomic E-state index is 12.1. The van der Waals surface area contributed by atoms with Gasteiger partial charge >= 0.3 is 0 Å². The number of carbonyl (C=O) groups is 1. The molecule has 0 radical (unpaired) electrons. The highest BCUT2D eigenvalue weighted by molar-refractivity contribution is 6.03. The first kappa shape index (κ1) is 13.8. The van der Waals surface area contributed by atoms with E-state index in [1.807, 2.05) is 0 Å². The van der Waals surface area contributed by atoms with Gasteiger partial charge in [0.1, 0.15) is 5.69 Å². The minimum Gasteiger partial charge on any atom is -0.481 e. The van der Waals surface area contributed by atoms with Crippen LogP contribution >= 0.6 is 0 Å². The fourth-order valence-electron chi connectivity index (χ4n) is 1.78. The van der Waals surface area contributed by atoms with E-state index in [9.17, 15) is 9.59 Å². The Hall–Kier alpha value is -2.63. The van der Waals surface area contributed by atoms with E-state index in [-0.39, 0.29) is 17.2 Å². The maximum atomic E-state index is 12.1. The molecule has 0 aliphatic rings. The third kappa shape index (κ3) is 3.03. The lowest BCUT2D eigenvalue weighted by atomic mass is 10.2. The van der Waals surface area contributed by atoms with Crippen molar-refractivity contribution in [1.29, 1.82) is 0 Å². The number of nitrogens with one attached hydrogen (secondary N) is 2. The molecule has 0 saturated carbocycles. The molecule has 0 atom stereocenters. The molecule has 0 bridgehead atoms. The third-order valence-corrected chi connectivity index (χ3v) is 2.75. The van der Waals surface area contributed by atoms with Crippen molar-refractivity contribution >= 4 is 11.6 Å². The van der Waals surface area contributed by atoms with Crippen molar-refractivity contribution in [3.63, 3.8) is 0 Å². The van der Waals surface area contributed by atoms with Crippen LogP contribution in [0.1, 0.15) is 21.7 Å². The first-order valence-electron chi connectivity index (χ1n) is 6.03. The number of aromatic nitrogens is 2. The average Bonchev–Trinajstić information content (AvgIpc) is 2.39. The van der Waals surface area contributed by atoms with E-state index < -0.39 is 0 Å². The van der Waals surface area contributed by atoms with Gasteiger partial charge in [0.15, 0.2) is 0 Å². The van der Waals surface area contributed by atoms with Crippen LogP contribution in [0.15, 0.2) is 29.1 Å². The van der Waals surface area contributed by atoms with Gasteiger partial charge in [-0.15, -0.1) is 0 Å². The number of H-pyrrole nitrogens is 1. The molecule has 0 aliphatic carbocycles. The molecular formula is C14H15N3O3. The van der Waals surface area contributed by atoms with Gasteiger partial charge in [0.2, 0.25) is 11.4 Å². The van der Waals surface area contributed by atoms with E-state index in [1.54, 1.807) is 32.0 Å². The Bertz CT molecular complexity index is 707. The van der Waals surface area contributed by atoms with Crippen molar-refractivity contribution in [1.82, 2.24) is 9.97 Å². The number of ether oxygens (including phenoxy) is 1. The van der Waals surface area contributed by atoms with Crippen molar-refractivity contribution in [2.45, 2.75) is 13.8 Å². The molecule has 0 fully saturated rings. The van der Waals surface area contributed by atoms with E-state index in [0.29, 0.717) is 17.3 Å². The van der Waals surface area contributed by atoms with Crippen LogP contribution in [-0.2, 0) is 0 Å². The van der Waals surface area contributed by atoms with E-state index in [4.69, 9.17) is 4.74 Å². The fraction of sp³-hybridized carbons (Fsp3) is 0.214.